The van der Waals surface area contributed by atoms with Crippen LogP contribution in [0.5, 0.6) is 0 Å². The third-order valence-corrected chi connectivity index (χ3v) is 6.38. The van der Waals surface area contributed by atoms with Gasteiger partial charge in [0.25, 0.3) is 0 Å². The van der Waals surface area contributed by atoms with Crippen LogP contribution in [0.25, 0.3) is 0 Å². The molecule has 19 heavy (non-hydrogen) atoms. The fourth-order valence-electron chi connectivity index (χ4n) is 3.04. The maximum absolute atomic E-state index is 2.52. The van der Waals surface area contributed by atoms with Crippen LogP contribution in [0, 0.1) is 10.8 Å². The molecule has 2 unspecified atom stereocenters. The Morgan fingerprint density at radius 3 is 1.58 bits per heavy atom. The van der Waals surface area contributed by atoms with E-state index in [1.54, 1.807) is 0 Å². The lowest BCUT2D eigenvalue weighted by Crippen LogP contribution is -2.43. The van der Waals surface area contributed by atoms with Gasteiger partial charge in [0.05, 0.1) is 0 Å². The van der Waals surface area contributed by atoms with Gasteiger partial charge in [-0.15, -0.1) is 0 Å². The predicted molar refractivity (Wildman–Crippen MR) is 88.7 cm³/mol. The highest BCUT2D eigenvalue weighted by molar-refractivity contribution is 4.92. The van der Waals surface area contributed by atoms with Crippen molar-refractivity contribution in [1.29, 1.82) is 0 Å². The first-order valence-corrected chi connectivity index (χ1v) is 8.26. The predicted octanol–water partition coefficient (Wildman–Crippen LogP) is 5.74. The van der Waals surface area contributed by atoms with Crippen molar-refractivity contribution in [3.05, 3.63) is 0 Å². The molecule has 116 valence electrons. The van der Waals surface area contributed by atoms with Crippen molar-refractivity contribution < 1.29 is 0 Å². The lowest BCUT2D eigenvalue weighted by atomic mass is 9.60. The standard InChI is InChI=1S/C18H39N/c1-10-13-17(6,16(4,5)11-2)14-15-18(7,12-3)19(8)9/h10-15H2,1-9H3. The summed E-state index contributed by atoms with van der Waals surface area (Å²) in [6.07, 6.45) is 7.79. The highest BCUT2D eigenvalue weighted by atomic mass is 15.1. The Morgan fingerprint density at radius 2 is 1.26 bits per heavy atom. The summed E-state index contributed by atoms with van der Waals surface area (Å²) in [5.41, 5.74) is 1.24. The Hall–Kier alpha value is -0.0400. The maximum Gasteiger partial charge on any atom is 0.0172 e. The van der Waals surface area contributed by atoms with Crippen molar-refractivity contribution in [3.63, 3.8) is 0 Å². The first-order chi connectivity index (χ1) is 8.58. The molecule has 0 aliphatic rings. The van der Waals surface area contributed by atoms with Gasteiger partial charge in [-0.2, -0.15) is 0 Å². The average Bonchev–Trinajstić information content (AvgIpc) is 2.35. The molecule has 0 saturated heterocycles. The second-order valence-electron chi connectivity index (χ2n) is 7.79. The van der Waals surface area contributed by atoms with Gasteiger partial charge in [0.1, 0.15) is 0 Å². The van der Waals surface area contributed by atoms with Crippen molar-refractivity contribution in [2.24, 2.45) is 10.8 Å². The summed E-state index contributed by atoms with van der Waals surface area (Å²) >= 11 is 0. The Balaban J connectivity index is 4.96. The highest BCUT2D eigenvalue weighted by Gasteiger charge is 2.40. The molecule has 0 fully saturated rings. The van der Waals surface area contributed by atoms with Crippen LogP contribution in [-0.2, 0) is 0 Å². The monoisotopic (exact) mass is 269 g/mol. The largest absolute Gasteiger partial charge is 0.304 e. The Labute approximate surface area is 123 Å². The van der Waals surface area contributed by atoms with Gasteiger partial charge in [0.15, 0.2) is 0 Å². The highest BCUT2D eigenvalue weighted by Crippen LogP contribution is 2.49. The van der Waals surface area contributed by atoms with Crippen molar-refractivity contribution in [3.8, 4) is 0 Å². The summed E-state index contributed by atoms with van der Waals surface area (Å²) < 4.78 is 0. The molecule has 0 amide bonds. The van der Waals surface area contributed by atoms with Gasteiger partial charge in [-0.3, -0.25) is 0 Å². The smallest absolute Gasteiger partial charge is 0.0172 e. The first-order valence-electron chi connectivity index (χ1n) is 8.26. The number of rotatable bonds is 9. The second-order valence-corrected chi connectivity index (χ2v) is 7.79. The van der Waals surface area contributed by atoms with E-state index >= 15 is 0 Å². The summed E-state index contributed by atoms with van der Waals surface area (Å²) in [6.45, 7) is 16.9. The molecular weight excluding hydrogens is 230 g/mol. The normalized spacial score (nSPS) is 19.3. The lowest BCUT2D eigenvalue weighted by Gasteiger charge is -2.47. The van der Waals surface area contributed by atoms with Crippen LogP contribution in [0.2, 0.25) is 0 Å². The molecule has 0 aliphatic carbocycles. The molecule has 0 rings (SSSR count). The molecule has 0 N–H and O–H groups in total. The van der Waals surface area contributed by atoms with E-state index in [1.807, 2.05) is 0 Å². The number of hydrogen-bond acceptors (Lipinski definition) is 1. The van der Waals surface area contributed by atoms with Crippen LogP contribution in [0.15, 0.2) is 0 Å². The molecule has 1 nitrogen and oxygen atoms in total. The molecule has 0 saturated carbocycles. The minimum absolute atomic E-state index is 0.346. The van der Waals surface area contributed by atoms with Crippen molar-refractivity contribution in [1.82, 2.24) is 4.90 Å². The van der Waals surface area contributed by atoms with Gasteiger partial charge >= 0.3 is 0 Å². The van der Waals surface area contributed by atoms with Gasteiger partial charge < -0.3 is 4.90 Å². The van der Waals surface area contributed by atoms with Crippen molar-refractivity contribution in [2.75, 3.05) is 14.1 Å². The van der Waals surface area contributed by atoms with E-state index in [4.69, 9.17) is 0 Å². The maximum atomic E-state index is 2.52. The van der Waals surface area contributed by atoms with Crippen LogP contribution in [0.3, 0.4) is 0 Å². The molecule has 0 spiro atoms. The third-order valence-electron chi connectivity index (χ3n) is 6.38. The summed E-state index contributed by atoms with van der Waals surface area (Å²) in [5, 5.41) is 0. The van der Waals surface area contributed by atoms with Crippen LogP contribution >= 0.6 is 0 Å². The molecule has 1 heteroatoms. The van der Waals surface area contributed by atoms with Gasteiger partial charge in [-0.05, 0) is 57.5 Å². The quantitative estimate of drug-likeness (QED) is 0.516. The molecule has 0 aliphatic heterocycles. The zero-order valence-corrected chi connectivity index (χ0v) is 15.2. The minimum Gasteiger partial charge on any atom is -0.304 e. The Bertz CT molecular complexity index is 256. The third kappa shape index (κ3) is 4.48. The van der Waals surface area contributed by atoms with E-state index in [0.717, 1.165) is 0 Å². The molecule has 0 aromatic heterocycles. The van der Waals surface area contributed by atoms with Crippen LogP contribution < -0.4 is 0 Å². The van der Waals surface area contributed by atoms with Crippen molar-refractivity contribution >= 4 is 0 Å². The zero-order chi connectivity index (χ0) is 15.3. The zero-order valence-electron chi connectivity index (χ0n) is 15.2. The van der Waals surface area contributed by atoms with Crippen LogP contribution in [0.1, 0.15) is 87.0 Å². The molecule has 0 heterocycles. The van der Waals surface area contributed by atoms with E-state index in [1.165, 1.54) is 38.5 Å². The first kappa shape index (κ1) is 19.0. The Kier molecular flexibility index (Phi) is 7.09. The fourth-order valence-corrected chi connectivity index (χ4v) is 3.04. The molecule has 0 aromatic carbocycles. The number of nitrogens with zero attached hydrogens (tertiary/aromatic N) is 1. The molecule has 0 bridgehead atoms. The van der Waals surface area contributed by atoms with E-state index in [9.17, 15) is 0 Å². The lowest BCUT2D eigenvalue weighted by molar-refractivity contribution is 0.0356. The SMILES string of the molecule is CCCC(C)(CCC(C)(CC)N(C)C)C(C)(C)CC. The van der Waals surface area contributed by atoms with Gasteiger partial charge in [-0.1, -0.05) is 54.4 Å². The molecular formula is C18H39N. The van der Waals surface area contributed by atoms with Gasteiger partial charge in [0, 0.05) is 5.54 Å². The van der Waals surface area contributed by atoms with E-state index in [0.29, 0.717) is 16.4 Å². The van der Waals surface area contributed by atoms with E-state index in [-0.39, 0.29) is 0 Å². The minimum atomic E-state index is 0.346. The van der Waals surface area contributed by atoms with Gasteiger partial charge in [0.2, 0.25) is 0 Å². The van der Waals surface area contributed by atoms with Crippen molar-refractivity contribution in [2.45, 2.75) is 92.5 Å². The summed E-state index contributed by atoms with van der Waals surface area (Å²) in [5.74, 6) is 0. The van der Waals surface area contributed by atoms with Gasteiger partial charge in [-0.25, -0.2) is 0 Å². The number of hydrogen-bond donors (Lipinski definition) is 0. The fraction of sp³-hybridized carbons (Fsp3) is 1.00. The Morgan fingerprint density at radius 1 is 0.737 bits per heavy atom. The van der Waals surface area contributed by atoms with E-state index < -0.39 is 0 Å². The topological polar surface area (TPSA) is 3.24 Å². The summed E-state index contributed by atoms with van der Waals surface area (Å²) in [6, 6.07) is 0. The second kappa shape index (κ2) is 7.11. The molecule has 2 atom stereocenters. The van der Waals surface area contributed by atoms with E-state index in [2.05, 4.69) is 67.5 Å². The molecule has 0 aromatic rings. The molecule has 0 radical (unpaired) electrons. The summed E-state index contributed by atoms with van der Waals surface area (Å²) in [4.78, 5) is 2.41. The average molecular weight is 270 g/mol. The summed E-state index contributed by atoms with van der Waals surface area (Å²) in [7, 11) is 4.46. The van der Waals surface area contributed by atoms with Crippen LogP contribution in [-0.4, -0.2) is 24.5 Å². The van der Waals surface area contributed by atoms with Crippen LogP contribution in [0.4, 0.5) is 0 Å².